The molecule has 1 heterocycles. The molecule has 8 nitrogen and oxygen atoms in total. The van der Waals surface area contributed by atoms with Gasteiger partial charge in [-0.15, -0.1) is 0 Å². The zero-order chi connectivity index (χ0) is 21.3. The number of carbonyl (C=O) groups is 3. The van der Waals surface area contributed by atoms with Crippen LogP contribution in [-0.2, 0) is 14.9 Å². The summed E-state index contributed by atoms with van der Waals surface area (Å²) in [5.41, 5.74) is 0.576. The lowest BCUT2D eigenvalue weighted by Crippen LogP contribution is -2.32. The number of nitrogens with zero attached hydrogens (tertiary/aromatic N) is 1. The summed E-state index contributed by atoms with van der Waals surface area (Å²) in [6, 6.07) is 19.4. The Morgan fingerprint density at radius 3 is 1.87 bits per heavy atom. The second-order valence-corrected chi connectivity index (χ2v) is 8.01. The molecule has 0 aliphatic carbocycles. The van der Waals surface area contributed by atoms with Crippen LogP contribution in [0.25, 0.3) is 0 Å². The van der Waals surface area contributed by atoms with Gasteiger partial charge in [0, 0.05) is 5.69 Å². The minimum absolute atomic E-state index is 0.0363. The number of amides is 2. The molecule has 1 aliphatic rings. The number of sulfonamides is 1. The molecular formula is C21H14N2O6S. The first kappa shape index (κ1) is 19.3. The summed E-state index contributed by atoms with van der Waals surface area (Å²) in [7, 11) is -3.77. The number of hydrogen-bond acceptors (Lipinski definition) is 6. The zero-order valence-corrected chi connectivity index (χ0v) is 16.1. The van der Waals surface area contributed by atoms with E-state index in [0.717, 1.165) is 0 Å². The maximum absolute atomic E-state index is 12.4. The van der Waals surface area contributed by atoms with Gasteiger partial charge in [-0.3, -0.25) is 14.3 Å². The zero-order valence-electron chi connectivity index (χ0n) is 15.3. The van der Waals surface area contributed by atoms with Crippen LogP contribution in [0.2, 0.25) is 0 Å². The van der Waals surface area contributed by atoms with Crippen molar-refractivity contribution >= 4 is 33.5 Å². The van der Waals surface area contributed by atoms with Gasteiger partial charge in [0.25, 0.3) is 21.8 Å². The van der Waals surface area contributed by atoms with E-state index < -0.39 is 27.8 Å². The molecule has 4 rings (SSSR count). The van der Waals surface area contributed by atoms with E-state index in [9.17, 15) is 22.8 Å². The van der Waals surface area contributed by atoms with Gasteiger partial charge in [-0.25, -0.2) is 13.2 Å². The molecule has 150 valence electrons. The molecule has 0 saturated heterocycles. The first-order valence-corrected chi connectivity index (χ1v) is 10.2. The summed E-state index contributed by atoms with van der Waals surface area (Å²) in [6.45, 7) is 0. The van der Waals surface area contributed by atoms with Crippen LogP contribution in [0.5, 0.6) is 0 Å². The molecule has 0 aromatic heterocycles. The predicted octanol–water partition coefficient (Wildman–Crippen LogP) is 2.86. The van der Waals surface area contributed by atoms with E-state index in [-0.39, 0.29) is 27.3 Å². The highest BCUT2D eigenvalue weighted by molar-refractivity contribution is 7.92. The molecule has 3 aromatic carbocycles. The van der Waals surface area contributed by atoms with Crippen LogP contribution in [0.15, 0.2) is 83.8 Å². The molecule has 3 aromatic rings. The Morgan fingerprint density at radius 2 is 1.30 bits per heavy atom. The monoisotopic (exact) mass is 422 g/mol. The molecule has 1 N–H and O–H groups in total. The number of hydrogen-bond donors (Lipinski definition) is 1. The number of fused-ring (bicyclic) bond motifs is 1. The highest BCUT2D eigenvalue weighted by Crippen LogP contribution is 2.24. The van der Waals surface area contributed by atoms with Crippen LogP contribution in [0.3, 0.4) is 0 Å². The highest BCUT2D eigenvalue weighted by atomic mass is 32.2. The van der Waals surface area contributed by atoms with Gasteiger partial charge >= 0.3 is 5.97 Å². The van der Waals surface area contributed by atoms with Gasteiger partial charge in [0.2, 0.25) is 0 Å². The normalized spacial score (nSPS) is 13.1. The van der Waals surface area contributed by atoms with E-state index >= 15 is 0 Å². The molecule has 9 heteroatoms. The van der Waals surface area contributed by atoms with Crippen molar-refractivity contribution in [3.8, 4) is 0 Å². The molecule has 0 fully saturated rings. The van der Waals surface area contributed by atoms with Crippen LogP contribution >= 0.6 is 0 Å². The summed E-state index contributed by atoms with van der Waals surface area (Å²) >= 11 is 0. The average molecular weight is 422 g/mol. The number of imide groups is 1. The van der Waals surface area contributed by atoms with Gasteiger partial charge in [0.05, 0.1) is 21.6 Å². The maximum atomic E-state index is 12.4. The third kappa shape index (κ3) is 3.53. The first-order chi connectivity index (χ1) is 14.4. The van der Waals surface area contributed by atoms with E-state index in [0.29, 0.717) is 5.06 Å². The summed E-state index contributed by atoms with van der Waals surface area (Å²) < 4.78 is 27.1. The summed E-state index contributed by atoms with van der Waals surface area (Å²) in [5.74, 6) is -2.38. The lowest BCUT2D eigenvalue weighted by atomic mass is 10.1. The SMILES string of the molecule is O=C(ON1C(=O)c2ccccc2C1=O)c1ccc(NS(=O)(=O)c2ccccc2)cc1. The number of hydroxylamine groups is 2. The second-order valence-electron chi connectivity index (χ2n) is 6.32. The Kier molecular flexibility index (Phi) is 4.80. The maximum Gasteiger partial charge on any atom is 0.363 e. The Hall–Kier alpha value is -3.98. The largest absolute Gasteiger partial charge is 0.363 e. The van der Waals surface area contributed by atoms with E-state index in [2.05, 4.69) is 4.72 Å². The smallest absolute Gasteiger partial charge is 0.324 e. The number of anilines is 1. The molecule has 0 spiro atoms. The van der Waals surface area contributed by atoms with E-state index in [1.165, 1.54) is 48.5 Å². The lowest BCUT2D eigenvalue weighted by molar-refractivity contribution is -0.0584. The van der Waals surface area contributed by atoms with Crippen molar-refractivity contribution < 1.29 is 27.6 Å². The fraction of sp³-hybridized carbons (Fsp3) is 0. The lowest BCUT2D eigenvalue weighted by Gasteiger charge is -2.13. The summed E-state index contributed by atoms with van der Waals surface area (Å²) in [5, 5.41) is 0.416. The molecule has 0 saturated carbocycles. The van der Waals surface area contributed by atoms with Crippen molar-refractivity contribution in [3.63, 3.8) is 0 Å². The topological polar surface area (TPSA) is 110 Å². The van der Waals surface area contributed by atoms with Crippen molar-refractivity contribution in [1.82, 2.24) is 5.06 Å². The molecule has 0 radical (unpaired) electrons. The van der Waals surface area contributed by atoms with E-state index in [4.69, 9.17) is 4.84 Å². The molecule has 0 atom stereocenters. The molecule has 1 aliphatic heterocycles. The minimum Gasteiger partial charge on any atom is -0.324 e. The van der Waals surface area contributed by atoms with E-state index in [1.54, 1.807) is 30.3 Å². The van der Waals surface area contributed by atoms with Gasteiger partial charge in [0.15, 0.2) is 0 Å². The van der Waals surface area contributed by atoms with Crippen molar-refractivity contribution in [2.75, 3.05) is 4.72 Å². The van der Waals surface area contributed by atoms with Crippen molar-refractivity contribution in [1.29, 1.82) is 0 Å². The number of nitrogens with one attached hydrogen (secondary N) is 1. The third-order valence-electron chi connectivity index (χ3n) is 4.36. The van der Waals surface area contributed by atoms with Gasteiger partial charge in [-0.1, -0.05) is 35.4 Å². The van der Waals surface area contributed by atoms with E-state index in [1.807, 2.05) is 0 Å². The molecule has 0 unspecified atom stereocenters. The summed E-state index contributed by atoms with van der Waals surface area (Å²) in [6.07, 6.45) is 0. The quantitative estimate of drug-likeness (QED) is 0.633. The Morgan fingerprint density at radius 1 is 0.767 bits per heavy atom. The highest BCUT2D eigenvalue weighted by Gasteiger charge is 2.38. The molecule has 30 heavy (non-hydrogen) atoms. The Labute approximate surface area is 171 Å². The fourth-order valence-electron chi connectivity index (χ4n) is 2.87. The van der Waals surface area contributed by atoms with Gasteiger partial charge in [0.1, 0.15) is 0 Å². The molecule has 2 amide bonds. The van der Waals surface area contributed by atoms with Crippen LogP contribution in [-0.4, -0.2) is 31.3 Å². The molecule has 0 bridgehead atoms. The second kappa shape index (κ2) is 7.45. The molecular weight excluding hydrogens is 408 g/mol. The average Bonchev–Trinajstić information content (AvgIpc) is 3.00. The minimum atomic E-state index is -3.77. The van der Waals surface area contributed by atoms with Crippen LogP contribution in [0.4, 0.5) is 5.69 Å². The van der Waals surface area contributed by atoms with Crippen LogP contribution in [0.1, 0.15) is 31.1 Å². The summed E-state index contributed by atoms with van der Waals surface area (Å²) in [4.78, 5) is 42.0. The Balaban J connectivity index is 1.47. The third-order valence-corrected chi connectivity index (χ3v) is 5.75. The first-order valence-electron chi connectivity index (χ1n) is 8.75. The number of benzene rings is 3. The van der Waals surface area contributed by atoms with Gasteiger partial charge in [-0.05, 0) is 48.5 Å². The van der Waals surface area contributed by atoms with Gasteiger partial charge in [-0.2, -0.15) is 0 Å². The standard InChI is InChI=1S/C21H14N2O6S/c24-19-17-8-4-5-9-18(17)20(25)23(19)29-21(26)14-10-12-15(13-11-14)22-30(27,28)16-6-2-1-3-7-16/h1-13,22H. The Bertz CT molecular complexity index is 1220. The number of carbonyl (C=O) groups excluding carboxylic acids is 3. The van der Waals surface area contributed by atoms with Crippen molar-refractivity contribution in [3.05, 3.63) is 95.6 Å². The predicted molar refractivity (Wildman–Crippen MR) is 106 cm³/mol. The van der Waals surface area contributed by atoms with Crippen LogP contribution in [0, 0.1) is 0 Å². The fourth-order valence-corrected chi connectivity index (χ4v) is 3.95. The van der Waals surface area contributed by atoms with Crippen LogP contribution < -0.4 is 4.72 Å². The van der Waals surface area contributed by atoms with Gasteiger partial charge < -0.3 is 4.84 Å². The van der Waals surface area contributed by atoms with Crippen molar-refractivity contribution in [2.24, 2.45) is 0 Å². The van der Waals surface area contributed by atoms with Crippen molar-refractivity contribution in [2.45, 2.75) is 4.90 Å². The number of rotatable bonds is 5.